The van der Waals surface area contributed by atoms with Crippen LogP contribution >= 0.6 is 0 Å². The number of ether oxygens (including phenoxy) is 2. The predicted octanol–water partition coefficient (Wildman–Crippen LogP) is 3.79. The molecule has 27 heavy (non-hydrogen) atoms. The van der Waals surface area contributed by atoms with Crippen molar-refractivity contribution in [1.82, 2.24) is 4.90 Å². The molecule has 1 aliphatic rings. The Morgan fingerprint density at radius 1 is 1.22 bits per heavy atom. The minimum absolute atomic E-state index is 0.0114. The first-order valence-corrected chi connectivity index (χ1v) is 9.48. The van der Waals surface area contributed by atoms with Gasteiger partial charge in [-0.05, 0) is 56.6 Å². The molecule has 0 saturated carbocycles. The molecular weight excluding hydrogens is 340 g/mol. The van der Waals surface area contributed by atoms with Gasteiger partial charge in [-0.15, -0.1) is 0 Å². The molecule has 0 spiro atoms. The highest BCUT2D eigenvalue weighted by Crippen LogP contribution is 2.31. The highest BCUT2D eigenvalue weighted by Gasteiger charge is 2.27. The summed E-state index contributed by atoms with van der Waals surface area (Å²) in [5, 5.41) is 3.07. The number of nitrogens with one attached hydrogen (secondary N) is 1. The monoisotopic (exact) mass is 368 g/mol. The second kappa shape index (κ2) is 8.44. The molecule has 0 fully saturated rings. The highest BCUT2D eigenvalue weighted by atomic mass is 16.6. The van der Waals surface area contributed by atoms with E-state index >= 15 is 0 Å². The summed E-state index contributed by atoms with van der Waals surface area (Å²) in [5.74, 6) is 1.53. The average molecular weight is 368 g/mol. The van der Waals surface area contributed by atoms with Crippen LogP contribution in [-0.4, -0.2) is 42.6 Å². The summed E-state index contributed by atoms with van der Waals surface area (Å²) in [6.45, 7) is 9.88. The third-order valence-corrected chi connectivity index (χ3v) is 4.99. The lowest BCUT2D eigenvalue weighted by molar-refractivity contribution is -0.121. The molecule has 1 aliphatic heterocycles. The van der Waals surface area contributed by atoms with E-state index in [-0.39, 0.29) is 18.1 Å². The molecule has 0 aromatic heterocycles. The van der Waals surface area contributed by atoms with E-state index in [4.69, 9.17) is 9.47 Å². The van der Waals surface area contributed by atoms with Crippen molar-refractivity contribution >= 4 is 11.6 Å². The maximum absolute atomic E-state index is 12.8. The number of nitrogens with zero attached hydrogens (tertiary/aromatic N) is 1. The molecule has 1 N–H and O–H groups in total. The van der Waals surface area contributed by atoms with Crippen molar-refractivity contribution in [2.45, 2.75) is 39.8 Å². The number of rotatable bonds is 6. The Balaban J connectivity index is 1.63. The fourth-order valence-corrected chi connectivity index (χ4v) is 3.25. The van der Waals surface area contributed by atoms with Gasteiger partial charge in [0.05, 0.1) is 6.04 Å². The number of para-hydroxylation sites is 2. The van der Waals surface area contributed by atoms with Gasteiger partial charge in [0, 0.05) is 12.2 Å². The summed E-state index contributed by atoms with van der Waals surface area (Å²) in [4.78, 5) is 14.9. The molecule has 0 unspecified atom stereocenters. The summed E-state index contributed by atoms with van der Waals surface area (Å²) in [6, 6.07) is 13.5. The summed E-state index contributed by atoms with van der Waals surface area (Å²) in [5.41, 5.74) is 3.06. The van der Waals surface area contributed by atoms with Crippen LogP contribution in [0.25, 0.3) is 0 Å². The molecule has 1 amide bonds. The normalized spacial score (nSPS) is 16.9. The van der Waals surface area contributed by atoms with Gasteiger partial charge in [-0.3, -0.25) is 9.69 Å². The van der Waals surface area contributed by atoms with Crippen molar-refractivity contribution in [3.63, 3.8) is 0 Å². The fraction of sp³-hybridized carbons (Fsp3) is 0.409. The Kier molecular flexibility index (Phi) is 6.01. The number of likely N-dealkylation sites (N-methyl/N-ethyl adjacent to an activating group) is 1. The summed E-state index contributed by atoms with van der Waals surface area (Å²) in [7, 11) is 0. The fourth-order valence-electron chi connectivity index (χ4n) is 3.25. The van der Waals surface area contributed by atoms with Crippen molar-refractivity contribution < 1.29 is 14.3 Å². The SMILES string of the molecule is CCN(C[C@@H]1COc2ccccc2O1)[C@H](C)C(=O)Nc1cc(C)ccc1C. The van der Waals surface area contributed by atoms with E-state index in [2.05, 4.69) is 17.1 Å². The van der Waals surface area contributed by atoms with E-state index < -0.39 is 0 Å². The second-order valence-electron chi connectivity index (χ2n) is 7.07. The summed E-state index contributed by atoms with van der Waals surface area (Å²) < 4.78 is 11.8. The van der Waals surface area contributed by atoms with E-state index in [0.717, 1.165) is 34.9 Å². The number of benzene rings is 2. The van der Waals surface area contributed by atoms with Gasteiger partial charge in [0.25, 0.3) is 0 Å². The molecule has 0 radical (unpaired) electrons. The molecule has 3 rings (SSSR count). The molecule has 2 atom stereocenters. The molecule has 144 valence electrons. The van der Waals surface area contributed by atoms with E-state index in [1.54, 1.807) is 0 Å². The van der Waals surface area contributed by atoms with Crippen LogP contribution in [0, 0.1) is 13.8 Å². The number of anilines is 1. The van der Waals surface area contributed by atoms with Crippen molar-refractivity contribution in [1.29, 1.82) is 0 Å². The minimum Gasteiger partial charge on any atom is -0.486 e. The molecule has 0 aliphatic carbocycles. The van der Waals surface area contributed by atoms with Gasteiger partial charge in [0.2, 0.25) is 5.91 Å². The third kappa shape index (κ3) is 4.61. The maximum atomic E-state index is 12.8. The van der Waals surface area contributed by atoms with E-state index in [0.29, 0.717) is 13.2 Å². The van der Waals surface area contributed by atoms with Gasteiger partial charge in [-0.25, -0.2) is 0 Å². The molecule has 5 nitrogen and oxygen atoms in total. The van der Waals surface area contributed by atoms with Crippen molar-refractivity contribution in [2.75, 3.05) is 25.0 Å². The maximum Gasteiger partial charge on any atom is 0.241 e. The standard InChI is InChI=1S/C22H28N2O3/c1-5-24(13-18-14-26-20-8-6-7-9-21(20)27-18)17(4)22(25)23-19-12-15(2)10-11-16(19)3/h6-12,17-18H,5,13-14H2,1-4H3,(H,23,25)/t17-,18-/m1/s1. The number of aryl methyl sites for hydroxylation is 2. The molecule has 2 aromatic rings. The van der Waals surface area contributed by atoms with Crippen LogP contribution in [0.3, 0.4) is 0 Å². The topological polar surface area (TPSA) is 50.8 Å². The number of fused-ring (bicyclic) bond motifs is 1. The second-order valence-corrected chi connectivity index (χ2v) is 7.07. The van der Waals surface area contributed by atoms with Gasteiger partial charge in [-0.1, -0.05) is 31.2 Å². The first-order chi connectivity index (χ1) is 13.0. The van der Waals surface area contributed by atoms with Crippen molar-refractivity contribution in [2.24, 2.45) is 0 Å². The lowest BCUT2D eigenvalue weighted by atomic mass is 10.1. The van der Waals surface area contributed by atoms with Crippen LogP contribution in [0.1, 0.15) is 25.0 Å². The van der Waals surface area contributed by atoms with E-state index in [1.807, 2.05) is 63.2 Å². The third-order valence-electron chi connectivity index (χ3n) is 4.99. The molecule has 0 bridgehead atoms. The zero-order valence-electron chi connectivity index (χ0n) is 16.5. The van der Waals surface area contributed by atoms with Gasteiger partial charge in [0.1, 0.15) is 12.7 Å². The summed E-state index contributed by atoms with van der Waals surface area (Å²) >= 11 is 0. The van der Waals surface area contributed by atoms with Crippen LogP contribution < -0.4 is 14.8 Å². The Hall–Kier alpha value is -2.53. The van der Waals surface area contributed by atoms with Crippen molar-refractivity contribution in [3.8, 4) is 11.5 Å². The number of hydrogen-bond acceptors (Lipinski definition) is 4. The quantitative estimate of drug-likeness (QED) is 0.843. The number of amides is 1. The smallest absolute Gasteiger partial charge is 0.241 e. The number of carbonyl (C=O) groups excluding carboxylic acids is 1. The van der Waals surface area contributed by atoms with E-state index in [1.165, 1.54) is 0 Å². The Labute approximate surface area is 161 Å². The first kappa shape index (κ1) is 19.2. The molecule has 2 aromatic carbocycles. The van der Waals surface area contributed by atoms with Crippen LogP contribution in [0.5, 0.6) is 11.5 Å². The average Bonchev–Trinajstić information content (AvgIpc) is 2.68. The predicted molar refractivity (Wildman–Crippen MR) is 108 cm³/mol. The molecule has 1 heterocycles. The van der Waals surface area contributed by atoms with Crippen LogP contribution in [0.4, 0.5) is 5.69 Å². The van der Waals surface area contributed by atoms with Gasteiger partial charge in [-0.2, -0.15) is 0 Å². The molecular formula is C22H28N2O3. The Bertz CT molecular complexity index is 806. The van der Waals surface area contributed by atoms with Gasteiger partial charge >= 0.3 is 0 Å². The van der Waals surface area contributed by atoms with Crippen LogP contribution in [0.2, 0.25) is 0 Å². The number of hydrogen-bond donors (Lipinski definition) is 1. The zero-order chi connectivity index (χ0) is 19.4. The molecule has 5 heteroatoms. The highest BCUT2D eigenvalue weighted by molar-refractivity contribution is 5.95. The molecule has 0 saturated heterocycles. The van der Waals surface area contributed by atoms with E-state index in [9.17, 15) is 4.79 Å². The van der Waals surface area contributed by atoms with Gasteiger partial charge < -0.3 is 14.8 Å². The van der Waals surface area contributed by atoms with Crippen LogP contribution in [-0.2, 0) is 4.79 Å². The zero-order valence-corrected chi connectivity index (χ0v) is 16.5. The van der Waals surface area contributed by atoms with Crippen molar-refractivity contribution in [3.05, 3.63) is 53.6 Å². The Morgan fingerprint density at radius 2 is 1.96 bits per heavy atom. The van der Waals surface area contributed by atoms with Gasteiger partial charge in [0.15, 0.2) is 11.5 Å². The van der Waals surface area contributed by atoms with Crippen LogP contribution in [0.15, 0.2) is 42.5 Å². The number of carbonyl (C=O) groups is 1. The Morgan fingerprint density at radius 3 is 2.70 bits per heavy atom. The lowest BCUT2D eigenvalue weighted by Crippen LogP contribution is -2.48. The minimum atomic E-state index is -0.268. The first-order valence-electron chi connectivity index (χ1n) is 9.48. The lowest BCUT2D eigenvalue weighted by Gasteiger charge is -2.33. The largest absolute Gasteiger partial charge is 0.486 e. The summed E-state index contributed by atoms with van der Waals surface area (Å²) in [6.07, 6.45) is -0.101.